The van der Waals surface area contributed by atoms with Crippen LogP contribution in [0.3, 0.4) is 0 Å². The zero-order chi connectivity index (χ0) is 16.6. The van der Waals surface area contributed by atoms with Crippen molar-refractivity contribution in [3.8, 4) is 0 Å². The normalized spacial score (nSPS) is 27.7. The van der Waals surface area contributed by atoms with Gasteiger partial charge >= 0.3 is 0 Å². The molecule has 24 heavy (non-hydrogen) atoms. The van der Waals surface area contributed by atoms with Gasteiger partial charge in [-0.25, -0.2) is 0 Å². The smallest absolute Gasteiger partial charge is 0.0947 e. The molecule has 2 unspecified atom stereocenters. The van der Waals surface area contributed by atoms with Crippen molar-refractivity contribution in [3.05, 3.63) is 59.0 Å². The molecule has 0 radical (unpaired) electrons. The minimum absolute atomic E-state index is 0.00894. The molecule has 2 atom stereocenters. The zero-order valence-electron chi connectivity index (χ0n) is 13.7. The predicted molar refractivity (Wildman–Crippen MR) is 93.7 cm³/mol. The molecule has 0 amide bonds. The summed E-state index contributed by atoms with van der Waals surface area (Å²) < 4.78 is 5.17. The predicted octanol–water partition coefficient (Wildman–Crippen LogP) is 2.86. The largest absolute Gasteiger partial charge is 0.472 e. The Morgan fingerprint density at radius 3 is 2.50 bits per heavy atom. The Morgan fingerprint density at radius 1 is 1.12 bits per heavy atom. The molecular weight excluding hydrogens is 324 g/mol. The van der Waals surface area contributed by atoms with E-state index in [1.165, 1.54) is 11.1 Å². The molecule has 5 heteroatoms. The highest BCUT2D eigenvalue weighted by Gasteiger charge is 2.51. The molecule has 1 aromatic heterocycles. The van der Waals surface area contributed by atoms with E-state index in [1.54, 1.807) is 6.26 Å². The average molecular weight is 347 g/mol. The van der Waals surface area contributed by atoms with E-state index >= 15 is 0 Å². The number of benzene rings is 1. The van der Waals surface area contributed by atoms with Gasteiger partial charge in [0.25, 0.3) is 0 Å². The fourth-order valence-corrected chi connectivity index (χ4v) is 4.57. The Hall–Kier alpha value is -1.33. The lowest BCUT2D eigenvalue weighted by atomic mass is 9.82. The molecule has 3 heterocycles. The number of hydrogen-bond acceptors (Lipinski definition) is 4. The van der Waals surface area contributed by atoms with Gasteiger partial charge in [0.05, 0.1) is 19.1 Å². The number of fused-ring (bicyclic) bond motifs is 1. The highest BCUT2D eigenvalue weighted by Crippen LogP contribution is 2.43. The topological polar surface area (TPSA) is 39.9 Å². The van der Waals surface area contributed by atoms with E-state index in [9.17, 15) is 5.11 Å². The third-order valence-electron chi connectivity index (χ3n) is 5.55. The Balaban J connectivity index is 1.42. The van der Waals surface area contributed by atoms with Crippen molar-refractivity contribution in [1.29, 1.82) is 0 Å². The quantitative estimate of drug-likeness (QED) is 0.903. The van der Waals surface area contributed by atoms with Crippen LogP contribution in [0.2, 0.25) is 5.02 Å². The number of nitrogens with zero attached hydrogens (tertiary/aromatic N) is 2. The lowest BCUT2D eigenvalue weighted by Gasteiger charge is -2.27. The van der Waals surface area contributed by atoms with Crippen LogP contribution in [0.4, 0.5) is 0 Å². The summed E-state index contributed by atoms with van der Waals surface area (Å²) in [6, 6.07) is 10.1. The van der Waals surface area contributed by atoms with Crippen LogP contribution in [0, 0.1) is 11.3 Å². The maximum absolute atomic E-state index is 10.1. The van der Waals surface area contributed by atoms with E-state index in [0.717, 1.165) is 44.3 Å². The minimum Gasteiger partial charge on any atom is -0.472 e. The van der Waals surface area contributed by atoms with Crippen LogP contribution in [-0.2, 0) is 13.1 Å². The Bertz CT molecular complexity index is 690. The standard InChI is InChI=1S/C19H23ClN2O2/c20-18-4-2-1-3-16(18)8-22-10-17-9-21(7-15-5-6-24-11-15)12-19(17,13-22)14-23/h1-6,11,17,23H,7-10,12-14H2. The summed E-state index contributed by atoms with van der Waals surface area (Å²) in [5.74, 6) is 0.511. The van der Waals surface area contributed by atoms with E-state index in [-0.39, 0.29) is 12.0 Å². The van der Waals surface area contributed by atoms with Crippen LogP contribution >= 0.6 is 11.6 Å². The van der Waals surface area contributed by atoms with E-state index in [0.29, 0.717) is 5.92 Å². The molecule has 4 nitrogen and oxygen atoms in total. The maximum Gasteiger partial charge on any atom is 0.0947 e. The molecule has 0 bridgehead atoms. The van der Waals surface area contributed by atoms with Gasteiger partial charge in [-0.2, -0.15) is 0 Å². The van der Waals surface area contributed by atoms with E-state index in [4.69, 9.17) is 16.0 Å². The number of rotatable bonds is 5. The summed E-state index contributed by atoms with van der Waals surface area (Å²) >= 11 is 6.30. The van der Waals surface area contributed by atoms with Gasteiger partial charge in [0, 0.05) is 55.3 Å². The monoisotopic (exact) mass is 346 g/mol. The summed E-state index contributed by atoms with van der Waals surface area (Å²) in [5, 5.41) is 10.9. The first-order valence-electron chi connectivity index (χ1n) is 8.48. The molecule has 2 aliphatic rings. The fraction of sp³-hybridized carbons (Fsp3) is 0.474. The molecule has 2 aromatic rings. The number of furan rings is 1. The summed E-state index contributed by atoms with van der Waals surface area (Å²) in [6.45, 7) is 5.94. The summed E-state index contributed by atoms with van der Waals surface area (Å²) in [4.78, 5) is 4.88. The molecule has 4 rings (SSSR count). The molecule has 1 aromatic carbocycles. The summed E-state index contributed by atoms with van der Waals surface area (Å²) in [7, 11) is 0. The minimum atomic E-state index is -0.00894. The van der Waals surface area contributed by atoms with E-state index < -0.39 is 0 Å². The van der Waals surface area contributed by atoms with Crippen LogP contribution in [-0.4, -0.2) is 47.7 Å². The number of hydrogen-bond donors (Lipinski definition) is 1. The van der Waals surface area contributed by atoms with Gasteiger partial charge in [0.1, 0.15) is 0 Å². The second kappa shape index (κ2) is 6.52. The van der Waals surface area contributed by atoms with Gasteiger partial charge in [-0.3, -0.25) is 9.80 Å². The lowest BCUT2D eigenvalue weighted by molar-refractivity contribution is 0.110. The highest BCUT2D eigenvalue weighted by molar-refractivity contribution is 6.31. The molecule has 0 spiro atoms. The Morgan fingerprint density at radius 2 is 1.88 bits per heavy atom. The molecule has 128 valence electrons. The number of aliphatic hydroxyl groups excluding tert-OH is 1. The Kier molecular flexibility index (Phi) is 4.39. The Labute approximate surface area is 147 Å². The van der Waals surface area contributed by atoms with Crippen molar-refractivity contribution in [2.75, 3.05) is 32.8 Å². The van der Waals surface area contributed by atoms with Gasteiger partial charge in [-0.05, 0) is 23.6 Å². The van der Waals surface area contributed by atoms with Gasteiger partial charge < -0.3 is 9.52 Å². The SMILES string of the molecule is OCC12CN(Cc3ccoc3)CC1CN(Cc1ccccc1Cl)C2. The van der Waals surface area contributed by atoms with Crippen LogP contribution in [0.15, 0.2) is 47.3 Å². The van der Waals surface area contributed by atoms with Crippen molar-refractivity contribution in [2.45, 2.75) is 13.1 Å². The van der Waals surface area contributed by atoms with Gasteiger partial charge in [0.15, 0.2) is 0 Å². The third-order valence-corrected chi connectivity index (χ3v) is 5.92. The van der Waals surface area contributed by atoms with Crippen molar-refractivity contribution in [2.24, 2.45) is 11.3 Å². The first-order valence-corrected chi connectivity index (χ1v) is 8.86. The first kappa shape index (κ1) is 16.2. The van der Waals surface area contributed by atoms with Crippen molar-refractivity contribution in [1.82, 2.24) is 9.80 Å². The molecule has 1 N–H and O–H groups in total. The summed E-state index contributed by atoms with van der Waals surface area (Å²) in [6.07, 6.45) is 3.53. The number of aliphatic hydroxyl groups is 1. The first-order chi connectivity index (χ1) is 11.7. The molecular formula is C19H23ClN2O2. The summed E-state index contributed by atoms with van der Waals surface area (Å²) in [5.41, 5.74) is 2.36. The molecule has 0 saturated carbocycles. The lowest BCUT2D eigenvalue weighted by Crippen LogP contribution is -2.36. The second-order valence-corrected chi connectivity index (χ2v) is 7.69. The number of halogens is 1. The van der Waals surface area contributed by atoms with Crippen LogP contribution in [0.1, 0.15) is 11.1 Å². The van der Waals surface area contributed by atoms with Crippen molar-refractivity contribution >= 4 is 11.6 Å². The molecule has 2 saturated heterocycles. The van der Waals surface area contributed by atoms with Gasteiger partial charge in [-0.1, -0.05) is 29.8 Å². The fourth-order valence-electron chi connectivity index (χ4n) is 4.37. The third kappa shape index (κ3) is 3.00. The molecule has 0 aliphatic carbocycles. The average Bonchev–Trinajstić information content (AvgIpc) is 3.25. The highest BCUT2D eigenvalue weighted by atomic mass is 35.5. The van der Waals surface area contributed by atoms with E-state index in [1.807, 2.05) is 30.5 Å². The zero-order valence-corrected chi connectivity index (χ0v) is 14.5. The van der Waals surface area contributed by atoms with Crippen molar-refractivity contribution in [3.63, 3.8) is 0 Å². The maximum atomic E-state index is 10.1. The second-order valence-electron chi connectivity index (χ2n) is 7.28. The van der Waals surface area contributed by atoms with Gasteiger partial charge in [0.2, 0.25) is 0 Å². The van der Waals surface area contributed by atoms with Gasteiger partial charge in [-0.15, -0.1) is 0 Å². The van der Waals surface area contributed by atoms with Crippen LogP contribution in [0.25, 0.3) is 0 Å². The van der Waals surface area contributed by atoms with Crippen LogP contribution < -0.4 is 0 Å². The molecule has 2 aliphatic heterocycles. The van der Waals surface area contributed by atoms with Crippen LogP contribution in [0.5, 0.6) is 0 Å². The van der Waals surface area contributed by atoms with E-state index in [2.05, 4.69) is 15.9 Å². The number of likely N-dealkylation sites (tertiary alicyclic amines) is 2. The van der Waals surface area contributed by atoms with Crippen molar-refractivity contribution < 1.29 is 9.52 Å². The molecule has 2 fully saturated rings.